The fourth-order valence-electron chi connectivity index (χ4n) is 4.95. The number of halogens is 3. The summed E-state index contributed by atoms with van der Waals surface area (Å²) in [5.74, 6) is 0.465. The molecule has 3 heterocycles. The number of rotatable bonds is 4. The number of hydrogen-bond acceptors (Lipinski definition) is 3. The Bertz CT molecular complexity index is 736. The SMILES string of the molecule is CC(C)[C@@H]1CO[C@@]23CCN(Cc4cccc(CC(F)(F)F)c4)[C@@H]2CC(=O)N13. The van der Waals surface area contributed by atoms with Crippen molar-refractivity contribution in [2.45, 2.75) is 63.6 Å². The third-order valence-electron chi connectivity index (χ3n) is 6.15. The zero-order chi connectivity index (χ0) is 19.4. The zero-order valence-electron chi connectivity index (χ0n) is 15.6. The second-order valence-electron chi connectivity index (χ2n) is 8.28. The minimum atomic E-state index is -4.21. The predicted molar refractivity (Wildman–Crippen MR) is 93.8 cm³/mol. The number of hydrogen-bond donors (Lipinski definition) is 0. The van der Waals surface area contributed by atoms with Crippen LogP contribution in [0.4, 0.5) is 13.2 Å². The molecular formula is C20H25F3N2O2. The Morgan fingerprint density at radius 2 is 2.04 bits per heavy atom. The minimum absolute atomic E-state index is 0.0278. The lowest BCUT2D eigenvalue weighted by Gasteiger charge is -2.34. The normalized spacial score (nSPS) is 31.0. The maximum absolute atomic E-state index is 12.7. The molecule has 3 fully saturated rings. The lowest BCUT2D eigenvalue weighted by molar-refractivity contribution is -0.139. The van der Waals surface area contributed by atoms with Crippen LogP contribution >= 0.6 is 0 Å². The Labute approximate surface area is 157 Å². The van der Waals surface area contributed by atoms with Crippen LogP contribution in [0.25, 0.3) is 0 Å². The number of carbonyl (C=O) groups excluding carboxylic acids is 1. The predicted octanol–water partition coefficient (Wildman–Crippen LogP) is 3.35. The summed E-state index contributed by atoms with van der Waals surface area (Å²) in [6.07, 6.45) is -3.95. The summed E-state index contributed by atoms with van der Waals surface area (Å²) >= 11 is 0. The summed E-state index contributed by atoms with van der Waals surface area (Å²) in [4.78, 5) is 16.8. The number of carbonyl (C=O) groups is 1. The molecule has 0 bridgehead atoms. The van der Waals surface area contributed by atoms with E-state index in [2.05, 4.69) is 18.7 Å². The topological polar surface area (TPSA) is 32.8 Å². The molecule has 0 radical (unpaired) electrons. The number of alkyl halides is 3. The first kappa shape index (κ1) is 18.7. The van der Waals surface area contributed by atoms with Gasteiger partial charge in [-0.1, -0.05) is 38.1 Å². The molecular weight excluding hydrogens is 357 g/mol. The Balaban J connectivity index is 1.52. The van der Waals surface area contributed by atoms with Crippen LogP contribution in [0.2, 0.25) is 0 Å². The molecule has 1 aromatic rings. The molecule has 3 saturated heterocycles. The molecule has 1 spiro atoms. The van der Waals surface area contributed by atoms with Crippen molar-refractivity contribution < 1.29 is 22.7 Å². The molecule has 1 amide bonds. The maximum Gasteiger partial charge on any atom is 0.393 e. The van der Waals surface area contributed by atoms with Crippen molar-refractivity contribution in [3.63, 3.8) is 0 Å². The lowest BCUT2D eigenvalue weighted by atomic mass is 10.0. The maximum atomic E-state index is 12.7. The number of benzene rings is 1. The zero-order valence-corrected chi connectivity index (χ0v) is 15.6. The van der Waals surface area contributed by atoms with Crippen LogP contribution in [-0.4, -0.2) is 52.8 Å². The Morgan fingerprint density at radius 3 is 2.74 bits per heavy atom. The summed E-state index contributed by atoms with van der Waals surface area (Å²) < 4.78 is 44.2. The molecule has 1 aromatic carbocycles. The second-order valence-corrected chi connectivity index (χ2v) is 8.28. The fourth-order valence-corrected chi connectivity index (χ4v) is 4.95. The Hall–Kier alpha value is -1.60. The van der Waals surface area contributed by atoms with Crippen molar-refractivity contribution in [1.82, 2.24) is 9.80 Å². The molecule has 0 aliphatic carbocycles. The van der Waals surface area contributed by atoms with E-state index in [-0.39, 0.29) is 23.6 Å². The van der Waals surface area contributed by atoms with Crippen molar-refractivity contribution in [1.29, 1.82) is 0 Å². The first-order valence-electron chi connectivity index (χ1n) is 9.54. The summed E-state index contributed by atoms with van der Waals surface area (Å²) in [6.45, 7) is 6.09. The Kier molecular flexibility index (Phi) is 4.50. The third kappa shape index (κ3) is 3.25. The summed E-state index contributed by atoms with van der Waals surface area (Å²) in [7, 11) is 0. The highest BCUT2D eigenvalue weighted by molar-refractivity contribution is 5.82. The highest BCUT2D eigenvalue weighted by atomic mass is 19.4. The van der Waals surface area contributed by atoms with Gasteiger partial charge in [0, 0.05) is 25.9 Å². The molecule has 0 N–H and O–H groups in total. The Morgan fingerprint density at radius 1 is 1.30 bits per heavy atom. The molecule has 0 saturated carbocycles. The molecule has 0 aromatic heterocycles. The minimum Gasteiger partial charge on any atom is -0.352 e. The van der Waals surface area contributed by atoms with Crippen molar-refractivity contribution in [3.8, 4) is 0 Å². The van der Waals surface area contributed by atoms with Crippen molar-refractivity contribution in [3.05, 3.63) is 35.4 Å². The van der Waals surface area contributed by atoms with Gasteiger partial charge in [-0.3, -0.25) is 9.69 Å². The van der Waals surface area contributed by atoms with Gasteiger partial charge in [0.15, 0.2) is 5.72 Å². The molecule has 4 rings (SSSR count). The summed E-state index contributed by atoms with van der Waals surface area (Å²) in [5.41, 5.74) is 0.573. The molecule has 27 heavy (non-hydrogen) atoms. The van der Waals surface area contributed by atoms with Crippen LogP contribution in [0.5, 0.6) is 0 Å². The summed E-state index contributed by atoms with van der Waals surface area (Å²) in [6, 6.07) is 6.74. The largest absolute Gasteiger partial charge is 0.393 e. The second kappa shape index (κ2) is 6.48. The highest BCUT2D eigenvalue weighted by Gasteiger charge is 2.64. The van der Waals surface area contributed by atoms with Gasteiger partial charge in [-0.15, -0.1) is 0 Å². The standard InChI is InChI=1S/C20H25F3N2O2/c1-13(2)16-12-27-19-6-7-24(17(19)9-18(26)25(16)19)11-15-5-3-4-14(8-15)10-20(21,22)23/h3-5,8,13,16-17H,6-7,9-12H2,1-2H3/t16-,17+,19-/m0/s1. The van der Waals surface area contributed by atoms with E-state index < -0.39 is 18.3 Å². The number of nitrogens with zero attached hydrogens (tertiary/aromatic N) is 2. The first-order chi connectivity index (χ1) is 12.7. The highest BCUT2D eigenvalue weighted by Crippen LogP contribution is 2.49. The summed E-state index contributed by atoms with van der Waals surface area (Å²) in [5, 5.41) is 0. The smallest absolute Gasteiger partial charge is 0.352 e. The van der Waals surface area contributed by atoms with Gasteiger partial charge in [-0.25, -0.2) is 0 Å². The van der Waals surface area contributed by atoms with Crippen LogP contribution in [0.15, 0.2) is 24.3 Å². The van der Waals surface area contributed by atoms with Gasteiger partial charge < -0.3 is 9.64 Å². The van der Waals surface area contributed by atoms with E-state index in [4.69, 9.17) is 4.74 Å². The van der Waals surface area contributed by atoms with Crippen LogP contribution < -0.4 is 0 Å². The molecule has 0 unspecified atom stereocenters. The molecule has 7 heteroatoms. The van der Waals surface area contributed by atoms with E-state index in [9.17, 15) is 18.0 Å². The monoisotopic (exact) mass is 382 g/mol. The third-order valence-corrected chi connectivity index (χ3v) is 6.15. The van der Waals surface area contributed by atoms with Crippen LogP contribution in [-0.2, 0) is 22.5 Å². The average Bonchev–Trinajstić information content (AvgIpc) is 3.17. The fraction of sp³-hybridized carbons (Fsp3) is 0.650. The van der Waals surface area contributed by atoms with Gasteiger partial charge in [0.2, 0.25) is 5.91 Å². The van der Waals surface area contributed by atoms with Crippen LogP contribution in [0.3, 0.4) is 0 Å². The molecule has 3 aliphatic rings. The van der Waals surface area contributed by atoms with Crippen LogP contribution in [0.1, 0.15) is 37.8 Å². The van der Waals surface area contributed by atoms with E-state index in [1.54, 1.807) is 12.1 Å². The van der Waals surface area contributed by atoms with Gasteiger partial charge >= 0.3 is 6.18 Å². The van der Waals surface area contributed by atoms with Gasteiger partial charge in [-0.05, 0) is 17.0 Å². The van der Waals surface area contributed by atoms with Gasteiger partial charge in [0.25, 0.3) is 0 Å². The molecule has 3 atom stereocenters. The van der Waals surface area contributed by atoms with E-state index in [0.717, 1.165) is 18.5 Å². The lowest BCUT2D eigenvalue weighted by Crippen LogP contribution is -2.50. The van der Waals surface area contributed by atoms with E-state index in [0.29, 0.717) is 25.5 Å². The van der Waals surface area contributed by atoms with Crippen molar-refractivity contribution >= 4 is 5.91 Å². The van der Waals surface area contributed by atoms with E-state index >= 15 is 0 Å². The number of amides is 1. The number of ether oxygens (including phenoxy) is 1. The van der Waals surface area contributed by atoms with Gasteiger partial charge in [-0.2, -0.15) is 13.2 Å². The molecule has 148 valence electrons. The quantitative estimate of drug-likeness (QED) is 0.801. The van der Waals surface area contributed by atoms with E-state index in [1.807, 2.05) is 11.0 Å². The van der Waals surface area contributed by atoms with Crippen LogP contribution in [0, 0.1) is 5.92 Å². The van der Waals surface area contributed by atoms with Gasteiger partial charge in [0.05, 0.1) is 25.1 Å². The molecule has 3 aliphatic heterocycles. The molecule has 4 nitrogen and oxygen atoms in total. The first-order valence-corrected chi connectivity index (χ1v) is 9.54. The van der Waals surface area contributed by atoms with Crippen molar-refractivity contribution in [2.24, 2.45) is 5.92 Å². The van der Waals surface area contributed by atoms with Crippen molar-refractivity contribution in [2.75, 3.05) is 13.2 Å². The number of likely N-dealkylation sites (tertiary alicyclic amines) is 1. The van der Waals surface area contributed by atoms with E-state index in [1.165, 1.54) is 6.07 Å². The average molecular weight is 382 g/mol. The van der Waals surface area contributed by atoms with Gasteiger partial charge in [0.1, 0.15) is 0 Å².